The van der Waals surface area contributed by atoms with E-state index in [-0.39, 0.29) is 5.76 Å². The van der Waals surface area contributed by atoms with Gasteiger partial charge in [0.15, 0.2) is 11.7 Å². The van der Waals surface area contributed by atoms with Gasteiger partial charge < -0.3 is 4.74 Å². The average Bonchev–Trinajstić information content (AvgIpc) is 2.84. The maximum absolute atomic E-state index is 13.0. The highest BCUT2D eigenvalue weighted by atomic mass is 19.2. The summed E-state index contributed by atoms with van der Waals surface area (Å²) in [6, 6.07) is 0. The molecule has 0 aromatic heterocycles. The van der Waals surface area contributed by atoms with Gasteiger partial charge in [0.2, 0.25) is 0 Å². The summed E-state index contributed by atoms with van der Waals surface area (Å²) in [6.45, 7) is 11.9. The summed E-state index contributed by atoms with van der Waals surface area (Å²) >= 11 is 0. The molecule has 0 saturated heterocycles. The number of fused-ring (bicyclic) bond motifs is 1. The fourth-order valence-electron chi connectivity index (χ4n) is 7.13. The lowest BCUT2D eigenvalue weighted by atomic mass is 9.60. The van der Waals surface area contributed by atoms with Crippen molar-refractivity contribution in [1.29, 1.82) is 0 Å². The van der Waals surface area contributed by atoms with Gasteiger partial charge in [0.1, 0.15) is 5.76 Å². The fraction of sp³-hybridized carbons (Fsp3) is 0.871. The predicted molar refractivity (Wildman–Crippen MR) is 142 cm³/mol. The number of rotatable bonds is 7. The second-order valence-electron chi connectivity index (χ2n) is 12.2. The number of methoxy groups -OCH3 is 1. The van der Waals surface area contributed by atoms with E-state index < -0.39 is 11.7 Å². The highest BCUT2D eigenvalue weighted by molar-refractivity contribution is 5.25. The fourth-order valence-corrected chi connectivity index (χ4v) is 7.13. The molecule has 0 N–H and O–H groups in total. The molecule has 0 aromatic carbocycles. The van der Waals surface area contributed by atoms with E-state index in [1.165, 1.54) is 33.8 Å². The molecule has 0 aliphatic heterocycles. The number of hydrogen-bond donors (Lipinski definition) is 0. The summed E-state index contributed by atoms with van der Waals surface area (Å²) in [6.07, 6.45) is 19.0. The zero-order valence-electron chi connectivity index (χ0n) is 23.4. The molecule has 3 aliphatic rings. The van der Waals surface area contributed by atoms with Gasteiger partial charge in [-0.2, -0.15) is 0 Å². The van der Waals surface area contributed by atoms with Crippen molar-refractivity contribution in [2.45, 2.75) is 125 Å². The number of ether oxygens (including phenoxy) is 1. The molecule has 34 heavy (non-hydrogen) atoms. The van der Waals surface area contributed by atoms with Crippen LogP contribution in [0.4, 0.5) is 8.78 Å². The zero-order valence-corrected chi connectivity index (χ0v) is 23.4. The van der Waals surface area contributed by atoms with E-state index in [9.17, 15) is 8.78 Å². The Labute approximate surface area is 210 Å². The number of halogens is 2. The SMILES string of the molecule is CC/C(OC)=C(/F)C(F)=C(C)C.CCC1CCC(C2CCC3CC(CC(C)C)CCC3C2)CC1. The maximum Gasteiger partial charge on any atom is 0.196 e. The van der Waals surface area contributed by atoms with Gasteiger partial charge >= 0.3 is 0 Å². The molecule has 3 rings (SSSR count). The number of allylic oxidation sites excluding steroid dienone is 4. The summed E-state index contributed by atoms with van der Waals surface area (Å²) in [4.78, 5) is 0. The van der Waals surface area contributed by atoms with E-state index in [1.54, 1.807) is 71.1 Å². The van der Waals surface area contributed by atoms with E-state index in [0.29, 0.717) is 12.0 Å². The Hall–Kier alpha value is -0.860. The molecule has 3 fully saturated rings. The highest BCUT2D eigenvalue weighted by Gasteiger charge is 2.38. The molecule has 198 valence electrons. The standard InChI is InChI=1S/C22H40.C9H14F2O/c1-4-17-5-8-19(9-6-17)21-12-11-20-14-18(13-16(2)3)7-10-22(20)15-21;1-5-7(12-4)9(11)8(10)6(2)3/h16-22H,4-15H2,1-3H3;5H2,1-4H3/b;9-7-. The smallest absolute Gasteiger partial charge is 0.196 e. The first-order chi connectivity index (χ1) is 16.2. The van der Waals surface area contributed by atoms with Crippen LogP contribution >= 0.6 is 0 Å². The van der Waals surface area contributed by atoms with Gasteiger partial charge in [-0.15, -0.1) is 0 Å². The molecule has 0 radical (unpaired) electrons. The van der Waals surface area contributed by atoms with Crippen LogP contribution in [0.3, 0.4) is 0 Å². The molecule has 3 saturated carbocycles. The molecular weight excluding hydrogens is 426 g/mol. The van der Waals surface area contributed by atoms with Crippen LogP contribution in [0.5, 0.6) is 0 Å². The predicted octanol–water partition coefficient (Wildman–Crippen LogP) is 10.6. The molecule has 0 bridgehead atoms. The lowest BCUT2D eigenvalue weighted by Crippen LogP contribution is -2.34. The molecule has 4 unspecified atom stereocenters. The normalized spacial score (nSPS) is 32.2. The third-order valence-electron chi connectivity index (χ3n) is 9.15. The van der Waals surface area contributed by atoms with Crippen molar-refractivity contribution in [3.8, 4) is 0 Å². The largest absolute Gasteiger partial charge is 0.498 e. The average molecular weight is 481 g/mol. The lowest BCUT2D eigenvalue weighted by molar-refractivity contribution is 0.0558. The van der Waals surface area contributed by atoms with Crippen molar-refractivity contribution < 1.29 is 13.5 Å². The topological polar surface area (TPSA) is 9.23 Å². The molecular formula is C31H54F2O. The highest BCUT2D eigenvalue weighted by Crippen LogP contribution is 2.49. The Bertz CT molecular complexity index is 646. The van der Waals surface area contributed by atoms with Gasteiger partial charge in [-0.25, -0.2) is 8.78 Å². The first-order valence-electron chi connectivity index (χ1n) is 14.5. The maximum atomic E-state index is 13.0. The number of hydrogen-bond acceptors (Lipinski definition) is 1. The quantitative estimate of drug-likeness (QED) is 0.260. The van der Waals surface area contributed by atoms with Crippen molar-refractivity contribution in [1.82, 2.24) is 0 Å². The lowest BCUT2D eigenvalue weighted by Gasteiger charge is -2.45. The van der Waals surface area contributed by atoms with Crippen LogP contribution in [0.1, 0.15) is 125 Å². The second-order valence-corrected chi connectivity index (χ2v) is 12.2. The Morgan fingerprint density at radius 1 is 0.735 bits per heavy atom. The van der Waals surface area contributed by atoms with Crippen LogP contribution < -0.4 is 0 Å². The van der Waals surface area contributed by atoms with E-state index in [4.69, 9.17) is 0 Å². The summed E-state index contributed by atoms with van der Waals surface area (Å²) in [7, 11) is 1.33. The van der Waals surface area contributed by atoms with E-state index in [1.807, 2.05) is 0 Å². The van der Waals surface area contributed by atoms with Crippen molar-refractivity contribution in [3.05, 3.63) is 23.0 Å². The molecule has 3 aliphatic carbocycles. The Morgan fingerprint density at radius 2 is 1.24 bits per heavy atom. The minimum absolute atomic E-state index is 0.0497. The Morgan fingerprint density at radius 3 is 1.74 bits per heavy atom. The Kier molecular flexibility index (Phi) is 12.6. The third kappa shape index (κ3) is 8.66. The van der Waals surface area contributed by atoms with Crippen molar-refractivity contribution >= 4 is 0 Å². The van der Waals surface area contributed by atoms with Crippen LogP contribution in [0, 0.1) is 41.4 Å². The van der Waals surface area contributed by atoms with E-state index >= 15 is 0 Å². The first-order valence-corrected chi connectivity index (χ1v) is 14.5. The van der Waals surface area contributed by atoms with Crippen LogP contribution in [0.25, 0.3) is 0 Å². The molecule has 0 aromatic rings. The monoisotopic (exact) mass is 480 g/mol. The minimum atomic E-state index is -0.889. The second kappa shape index (κ2) is 14.6. The molecule has 0 amide bonds. The molecule has 3 heteroatoms. The minimum Gasteiger partial charge on any atom is -0.498 e. The van der Waals surface area contributed by atoms with Crippen molar-refractivity contribution in [3.63, 3.8) is 0 Å². The van der Waals surface area contributed by atoms with Gasteiger partial charge in [-0.3, -0.25) is 0 Å². The first kappa shape index (κ1) is 29.4. The molecule has 4 atom stereocenters. The zero-order chi connectivity index (χ0) is 25.3. The molecule has 0 spiro atoms. The van der Waals surface area contributed by atoms with Crippen LogP contribution in [-0.4, -0.2) is 7.11 Å². The van der Waals surface area contributed by atoms with Crippen molar-refractivity contribution in [2.75, 3.05) is 7.11 Å². The van der Waals surface area contributed by atoms with Crippen LogP contribution in [0.15, 0.2) is 23.0 Å². The molecule has 1 nitrogen and oxygen atoms in total. The third-order valence-corrected chi connectivity index (χ3v) is 9.15. The molecule has 0 heterocycles. The van der Waals surface area contributed by atoms with E-state index in [0.717, 1.165) is 41.4 Å². The van der Waals surface area contributed by atoms with Gasteiger partial charge in [-0.1, -0.05) is 53.4 Å². The Balaban J connectivity index is 0.000000292. The van der Waals surface area contributed by atoms with Crippen LogP contribution in [0.2, 0.25) is 0 Å². The van der Waals surface area contributed by atoms with Gasteiger partial charge in [0.05, 0.1) is 7.11 Å². The van der Waals surface area contributed by atoms with Crippen molar-refractivity contribution in [2.24, 2.45) is 41.4 Å². The van der Waals surface area contributed by atoms with Gasteiger partial charge in [0.25, 0.3) is 0 Å². The van der Waals surface area contributed by atoms with E-state index in [2.05, 4.69) is 25.5 Å². The summed E-state index contributed by atoms with van der Waals surface area (Å²) < 4.78 is 30.6. The van der Waals surface area contributed by atoms with Crippen LogP contribution in [-0.2, 0) is 4.74 Å². The summed E-state index contributed by atoms with van der Waals surface area (Å²) in [5.41, 5.74) is 0.315. The summed E-state index contributed by atoms with van der Waals surface area (Å²) in [5.74, 6) is 5.83. The van der Waals surface area contributed by atoms with Gasteiger partial charge in [0, 0.05) is 6.42 Å². The van der Waals surface area contributed by atoms with Gasteiger partial charge in [-0.05, 0) is 112 Å². The summed E-state index contributed by atoms with van der Waals surface area (Å²) in [5, 5.41) is 0.